The molecule has 1 atom stereocenters. The number of rotatable bonds is 7. The Bertz CT molecular complexity index is 611. The standard InChI is InChI=1S/C13H18N4O2S/c1-2-10-20(18,19)16-13(11-17-14-8-9-15-17)12-6-4-3-5-7-12/h3-9,13,16H,2,10-11H2,1H3. The summed E-state index contributed by atoms with van der Waals surface area (Å²) >= 11 is 0. The zero-order chi connectivity index (χ0) is 14.4. The second-order valence-electron chi connectivity index (χ2n) is 4.48. The molecule has 1 heterocycles. The lowest BCUT2D eigenvalue weighted by molar-refractivity contribution is 0.444. The Labute approximate surface area is 118 Å². The van der Waals surface area contributed by atoms with Crippen LogP contribution in [0.2, 0.25) is 0 Å². The van der Waals surface area contributed by atoms with Gasteiger partial charge >= 0.3 is 0 Å². The summed E-state index contributed by atoms with van der Waals surface area (Å²) in [4.78, 5) is 1.48. The van der Waals surface area contributed by atoms with Gasteiger partial charge in [-0.3, -0.25) is 0 Å². The van der Waals surface area contributed by atoms with Crippen LogP contribution < -0.4 is 4.72 Å². The third-order valence-electron chi connectivity index (χ3n) is 2.81. The van der Waals surface area contributed by atoms with Gasteiger partial charge in [0.05, 0.1) is 30.7 Å². The molecule has 0 aliphatic carbocycles. The summed E-state index contributed by atoms with van der Waals surface area (Å²) in [6.07, 6.45) is 3.72. The molecule has 0 spiro atoms. The largest absolute Gasteiger partial charge is 0.212 e. The van der Waals surface area contributed by atoms with Crippen molar-refractivity contribution in [3.05, 3.63) is 48.3 Å². The minimum Gasteiger partial charge on any atom is -0.212 e. The van der Waals surface area contributed by atoms with Crippen LogP contribution in [0.1, 0.15) is 24.9 Å². The van der Waals surface area contributed by atoms with Crippen LogP contribution in [0.5, 0.6) is 0 Å². The molecule has 1 aromatic carbocycles. The molecule has 2 aromatic rings. The molecule has 7 heteroatoms. The van der Waals surface area contributed by atoms with Crippen molar-refractivity contribution in [2.24, 2.45) is 0 Å². The number of aromatic nitrogens is 3. The Hall–Kier alpha value is -1.73. The van der Waals surface area contributed by atoms with Gasteiger partial charge in [-0.2, -0.15) is 15.0 Å². The highest BCUT2D eigenvalue weighted by molar-refractivity contribution is 7.89. The number of nitrogens with zero attached hydrogens (tertiary/aromatic N) is 3. The molecular formula is C13H18N4O2S. The van der Waals surface area contributed by atoms with Gasteiger partial charge in [-0.1, -0.05) is 37.3 Å². The molecule has 0 saturated heterocycles. The average molecular weight is 294 g/mol. The zero-order valence-electron chi connectivity index (χ0n) is 11.3. The average Bonchev–Trinajstić information content (AvgIpc) is 2.91. The summed E-state index contributed by atoms with van der Waals surface area (Å²) in [5, 5.41) is 8.06. The molecule has 0 aliphatic heterocycles. The van der Waals surface area contributed by atoms with Crippen LogP contribution in [0.4, 0.5) is 0 Å². The fourth-order valence-corrected chi connectivity index (χ4v) is 3.24. The molecule has 0 fully saturated rings. The SMILES string of the molecule is CCCS(=O)(=O)NC(Cn1nccn1)c1ccccc1. The summed E-state index contributed by atoms with van der Waals surface area (Å²) in [7, 11) is -3.30. The van der Waals surface area contributed by atoms with Crippen molar-refractivity contribution in [3.63, 3.8) is 0 Å². The van der Waals surface area contributed by atoms with Gasteiger partial charge < -0.3 is 0 Å². The van der Waals surface area contributed by atoms with Crippen LogP contribution in [0.3, 0.4) is 0 Å². The molecule has 1 unspecified atom stereocenters. The highest BCUT2D eigenvalue weighted by atomic mass is 32.2. The Kier molecular flexibility index (Phi) is 4.86. The van der Waals surface area contributed by atoms with Gasteiger partial charge in [0.2, 0.25) is 10.0 Å². The summed E-state index contributed by atoms with van der Waals surface area (Å²) in [5.74, 6) is 0.114. The van der Waals surface area contributed by atoms with Crippen LogP contribution in [0.15, 0.2) is 42.7 Å². The zero-order valence-corrected chi connectivity index (χ0v) is 12.1. The molecular weight excluding hydrogens is 276 g/mol. The Morgan fingerprint density at radius 3 is 2.45 bits per heavy atom. The lowest BCUT2D eigenvalue weighted by Gasteiger charge is -2.18. The molecule has 0 bridgehead atoms. The normalized spacial score (nSPS) is 13.2. The molecule has 6 nitrogen and oxygen atoms in total. The van der Waals surface area contributed by atoms with Crippen molar-refractivity contribution in [3.8, 4) is 0 Å². The van der Waals surface area contributed by atoms with Crippen LogP contribution in [0, 0.1) is 0 Å². The number of benzene rings is 1. The maximum atomic E-state index is 12.0. The maximum absolute atomic E-state index is 12.0. The van der Waals surface area contributed by atoms with Gasteiger partial charge in [-0.15, -0.1) is 0 Å². The second kappa shape index (κ2) is 6.62. The fourth-order valence-electron chi connectivity index (χ4n) is 1.94. The van der Waals surface area contributed by atoms with E-state index < -0.39 is 10.0 Å². The van der Waals surface area contributed by atoms with E-state index in [1.165, 1.54) is 4.80 Å². The van der Waals surface area contributed by atoms with Crippen molar-refractivity contribution < 1.29 is 8.42 Å². The molecule has 0 radical (unpaired) electrons. The van der Waals surface area contributed by atoms with Crippen molar-refractivity contribution >= 4 is 10.0 Å². The monoisotopic (exact) mass is 294 g/mol. The molecule has 108 valence electrons. The predicted molar refractivity (Wildman–Crippen MR) is 76.4 cm³/mol. The van der Waals surface area contributed by atoms with Crippen molar-refractivity contribution in [2.45, 2.75) is 25.9 Å². The van der Waals surface area contributed by atoms with Crippen molar-refractivity contribution in [2.75, 3.05) is 5.75 Å². The van der Waals surface area contributed by atoms with Gasteiger partial charge in [0, 0.05) is 0 Å². The molecule has 1 N–H and O–H groups in total. The lowest BCUT2D eigenvalue weighted by Crippen LogP contribution is -2.33. The van der Waals surface area contributed by atoms with E-state index in [9.17, 15) is 8.42 Å². The first kappa shape index (κ1) is 14.7. The summed E-state index contributed by atoms with van der Waals surface area (Å²) in [6, 6.07) is 9.07. The molecule has 0 amide bonds. The minimum atomic E-state index is -3.30. The molecule has 20 heavy (non-hydrogen) atoms. The molecule has 0 aliphatic rings. The first-order chi connectivity index (χ1) is 9.61. The summed E-state index contributed by atoms with van der Waals surface area (Å²) in [6.45, 7) is 2.20. The molecule has 2 rings (SSSR count). The Balaban J connectivity index is 2.20. The van der Waals surface area contributed by atoms with Gasteiger partial charge in [-0.25, -0.2) is 13.1 Å². The first-order valence-electron chi connectivity index (χ1n) is 6.50. The summed E-state index contributed by atoms with van der Waals surface area (Å²) in [5.41, 5.74) is 0.893. The highest BCUT2D eigenvalue weighted by Crippen LogP contribution is 2.15. The highest BCUT2D eigenvalue weighted by Gasteiger charge is 2.19. The summed E-state index contributed by atoms with van der Waals surface area (Å²) < 4.78 is 26.7. The number of hydrogen-bond acceptors (Lipinski definition) is 4. The van der Waals surface area contributed by atoms with Gasteiger partial charge in [0.25, 0.3) is 0 Å². The third kappa shape index (κ3) is 4.14. The number of hydrogen-bond donors (Lipinski definition) is 1. The van der Waals surface area contributed by atoms with E-state index in [-0.39, 0.29) is 11.8 Å². The van der Waals surface area contributed by atoms with E-state index in [0.717, 1.165) is 5.56 Å². The smallest absolute Gasteiger partial charge is 0.212 e. The Morgan fingerprint density at radius 1 is 1.20 bits per heavy atom. The number of nitrogens with one attached hydrogen (secondary N) is 1. The minimum absolute atomic E-state index is 0.114. The van der Waals surface area contributed by atoms with Crippen molar-refractivity contribution in [1.82, 2.24) is 19.7 Å². The van der Waals surface area contributed by atoms with Crippen LogP contribution in [0.25, 0.3) is 0 Å². The molecule has 1 aromatic heterocycles. The predicted octanol–water partition coefficient (Wildman–Crippen LogP) is 1.35. The van der Waals surface area contributed by atoms with Crippen LogP contribution in [-0.4, -0.2) is 29.2 Å². The van der Waals surface area contributed by atoms with Crippen LogP contribution >= 0.6 is 0 Å². The van der Waals surface area contributed by atoms with Gasteiger partial charge in [0.1, 0.15) is 0 Å². The van der Waals surface area contributed by atoms with E-state index in [1.54, 1.807) is 12.4 Å². The van der Waals surface area contributed by atoms with Crippen molar-refractivity contribution in [1.29, 1.82) is 0 Å². The Morgan fingerprint density at radius 2 is 1.85 bits per heavy atom. The van der Waals surface area contributed by atoms with Gasteiger partial charge in [-0.05, 0) is 12.0 Å². The lowest BCUT2D eigenvalue weighted by atomic mass is 10.1. The van der Waals surface area contributed by atoms with E-state index in [1.807, 2.05) is 37.3 Å². The van der Waals surface area contributed by atoms with E-state index in [0.29, 0.717) is 13.0 Å². The number of sulfonamides is 1. The first-order valence-corrected chi connectivity index (χ1v) is 8.15. The fraction of sp³-hybridized carbons (Fsp3) is 0.385. The topological polar surface area (TPSA) is 76.9 Å². The second-order valence-corrected chi connectivity index (χ2v) is 6.36. The molecule has 0 saturated carbocycles. The van der Waals surface area contributed by atoms with Gasteiger partial charge in [0.15, 0.2) is 0 Å². The van der Waals surface area contributed by atoms with Crippen LogP contribution in [-0.2, 0) is 16.6 Å². The maximum Gasteiger partial charge on any atom is 0.212 e. The third-order valence-corrected chi connectivity index (χ3v) is 4.40. The van der Waals surface area contributed by atoms with E-state index >= 15 is 0 Å². The quantitative estimate of drug-likeness (QED) is 0.836. The van der Waals surface area contributed by atoms with E-state index in [2.05, 4.69) is 14.9 Å². The van der Waals surface area contributed by atoms with E-state index in [4.69, 9.17) is 0 Å².